The first-order valence-corrected chi connectivity index (χ1v) is 11.7. The molecule has 2 aromatic carbocycles. The fourth-order valence-electron chi connectivity index (χ4n) is 4.47. The van der Waals surface area contributed by atoms with E-state index in [1.807, 2.05) is 31.2 Å². The van der Waals surface area contributed by atoms with Gasteiger partial charge in [-0.25, -0.2) is 9.78 Å². The molecule has 0 fully saturated rings. The Kier molecular flexibility index (Phi) is 6.96. The molecule has 0 amide bonds. The molecular formula is C28H26N2O6. The summed E-state index contributed by atoms with van der Waals surface area (Å²) in [7, 11) is 0. The fraction of sp³-hybridized carbons (Fsp3) is 0.250. The average molecular weight is 487 g/mol. The predicted molar refractivity (Wildman–Crippen MR) is 132 cm³/mol. The topological polar surface area (TPSA) is 127 Å². The van der Waals surface area contributed by atoms with Gasteiger partial charge >= 0.3 is 11.9 Å². The lowest BCUT2D eigenvalue weighted by molar-refractivity contribution is -0.136. The zero-order chi connectivity index (χ0) is 26.0. The summed E-state index contributed by atoms with van der Waals surface area (Å²) in [5.74, 6) is -2.48. The number of benzene rings is 2. The lowest BCUT2D eigenvalue weighted by Gasteiger charge is -2.17. The Morgan fingerprint density at radius 2 is 1.67 bits per heavy atom. The molecule has 0 aliphatic heterocycles. The third-order valence-electron chi connectivity index (χ3n) is 6.39. The number of aliphatic carboxylic acids is 1. The highest BCUT2D eigenvalue weighted by Crippen LogP contribution is 2.30. The minimum atomic E-state index is -1.18. The molecular weight excluding hydrogens is 460 g/mol. The number of carboxylic acids is 2. The molecule has 8 heteroatoms. The molecule has 1 aliphatic rings. The minimum Gasteiger partial charge on any atom is -0.481 e. The van der Waals surface area contributed by atoms with E-state index in [9.17, 15) is 29.4 Å². The Balaban J connectivity index is 1.72. The van der Waals surface area contributed by atoms with Crippen molar-refractivity contribution in [1.29, 1.82) is 0 Å². The average Bonchev–Trinajstić information content (AvgIpc) is 3.22. The highest BCUT2D eigenvalue weighted by Gasteiger charge is 2.36. The van der Waals surface area contributed by atoms with Gasteiger partial charge in [-0.15, -0.1) is 0 Å². The smallest absolute Gasteiger partial charge is 0.336 e. The van der Waals surface area contributed by atoms with Gasteiger partial charge in [0.15, 0.2) is 0 Å². The number of hydrogen-bond acceptors (Lipinski definition) is 5. The summed E-state index contributed by atoms with van der Waals surface area (Å²) in [5, 5.41) is 18.7. The molecule has 0 unspecified atom stereocenters. The van der Waals surface area contributed by atoms with Gasteiger partial charge in [-0.2, -0.15) is 0 Å². The number of carbonyl (C=O) groups excluding carboxylic acids is 2. The Morgan fingerprint density at radius 3 is 2.31 bits per heavy atom. The molecule has 1 aromatic heterocycles. The van der Waals surface area contributed by atoms with Gasteiger partial charge in [0, 0.05) is 24.1 Å². The van der Waals surface area contributed by atoms with Gasteiger partial charge in [0.05, 0.1) is 12.0 Å². The number of hydrogen-bond donors (Lipinski definition) is 2. The second kappa shape index (κ2) is 10.1. The van der Waals surface area contributed by atoms with E-state index in [1.165, 1.54) is 6.92 Å². The van der Waals surface area contributed by atoms with Crippen LogP contribution in [0.2, 0.25) is 0 Å². The summed E-state index contributed by atoms with van der Waals surface area (Å²) >= 11 is 0. The van der Waals surface area contributed by atoms with Crippen LogP contribution in [0.1, 0.15) is 75.8 Å². The second-order valence-electron chi connectivity index (χ2n) is 8.79. The zero-order valence-electron chi connectivity index (χ0n) is 20.1. The number of carboxylic acid groups (broad SMARTS) is 2. The number of Topliss-reactive ketones (excluding diaryl/α,β-unsaturated/α-hetero) is 2. The lowest BCUT2D eigenvalue weighted by Crippen LogP contribution is -2.25. The molecule has 0 radical (unpaired) electrons. The zero-order valence-corrected chi connectivity index (χ0v) is 20.1. The Morgan fingerprint density at radius 1 is 0.972 bits per heavy atom. The SMILES string of the molecule is CCCCc1nc2c(n1Cc1ccc(-c3ccccc3C(=O)O)cc1)C(=O)C(C)=C(CC(=O)O)C2=O. The first kappa shape index (κ1) is 24.8. The van der Waals surface area contributed by atoms with Crippen LogP contribution >= 0.6 is 0 Å². The summed E-state index contributed by atoms with van der Waals surface area (Å²) in [6, 6.07) is 14.1. The van der Waals surface area contributed by atoms with Crippen LogP contribution in [-0.4, -0.2) is 43.3 Å². The third kappa shape index (κ3) is 4.62. The van der Waals surface area contributed by atoms with Crippen molar-refractivity contribution in [2.75, 3.05) is 0 Å². The van der Waals surface area contributed by atoms with Crippen LogP contribution in [0.4, 0.5) is 0 Å². The number of allylic oxidation sites excluding steroid dienone is 1. The number of carbonyl (C=O) groups is 4. The van der Waals surface area contributed by atoms with Crippen molar-refractivity contribution in [2.45, 2.75) is 46.1 Å². The van der Waals surface area contributed by atoms with E-state index >= 15 is 0 Å². The highest BCUT2D eigenvalue weighted by molar-refractivity contribution is 6.26. The summed E-state index contributed by atoms with van der Waals surface area (Å²) < 4.78 is 1.76. The first-order valence-electron chi connectivity index (χ1n) is 11.7. The Labute approximate surface area is 207 Å². The maximum Gasteiger partial charge on any atom is 0.336 e. The molecule has 3 aromatic rings. The molecule has 184 valence electrons. The summed E-state index contributed by atoms with van der Waals surface area (Å²) in [6.07, 6.45) is 1.77. The number of aryl methyl sites for hydroxylation is 1. The van der Waals surface area contributed by atoms with E-state index in [4.69, 9.17) is 0 Å². The minimum absolute atomic E-state index is 0.0139. The number of nitrogens with zero attached hydrogens (tertiary/aromatic N) is 2. The quantitative estimate of drug-likeness (QED) is 0.444. The van der Waals surface area contributed by atoms with E-state index in [-0.39, 0.29) is 33.9 Å². The standard InChI is InChI=1S/C28H26N2O6/c1-3-4-9-22-29-24-25(26(33)16(2)21(27(24)34)14-23(31)32)30(22)15-17-10-12-18(13-11-17)19-7-5-6-8-20(19)28(35)36/h5-8,10-13H,3-4,9,14-15H2,1-2H3,(H,31,32)(H,35,36). The van der Waals surface area contributed by atoms with Crippen molar-refractivity contribution in [3.63, 3.8) is 0 Å². The van der Waals surface area contributed by atoms with E-state index in [2.05, 4.69) is 4.98 Å². The maximum absolute atomic E-state index is 13.3. The van der Waals surface area contributed by atoms with E-state index < -0.39 is 24.1 Å². The van der Waals surface area contributed by atoms with Crippen molar-refractivity contribution >= 4 is 23.5 Å². The van der Waals surface area contributed by atoms with Crippen LogP contribution < -0.4 is 0 Å². The van der Waals surface area contributed by atoms with E-state index in [0.717, 1.165) is 24.0 Å². The molecule has 36 heavy (non-hydrogen) atoms. The molecule has 0 saturated carbocycles. The molecule has 0 spiro atoms. The number of unbranched alkanes of at least 4 members (excludes halogenated alkanes) is 1. The number of aromatic nitrogens is 2. The molecule has 2 N–H and O–H groups in total. The van der Waals surface area contributed by atoms with Gasteiger partial charge < -0.3 is 14.8 Å². The van der Waals surface area contributed by atoms with Gasteiger partial charge in [0.1, 0.15) is 17.2 Å². The van der Waals surface area contributed by atoms with Crippen LogP contribution in [0.25, 0.3) is 11.1 Å². The molecule has 0 bridgehead atoms. The van der Waals surface area contributed by atoms with Gasteiger partial charge in [0.2, 0.25) is 11.6 Å². The normalized spacial score (nSPS) is 13.2. The first-order chi connectivity index (χ1) is 17.2. The van der Waals surface area contributed by atoms with Gasteiger partial charge in [-0.3, -0.25) is 14.4 Å². The largest absolute Gasteiger partial charge is 0.481 e. The molecule has 0 atom stereocenters. The summed E-state index contributed by atoms with van der Waals surface area (Å²) in [6.45, 7) is 3.82. The lowest BCUT2D eigenvalue weighted by atomic mass is 9.89. The highest BCUT2D eigenvalue weighted by atomic mass is 16.4. The summed E-state index contributed by atoms with van der Waals surface area (Å²) in [5.41, 5.74) is 2.73. The molecule has 0 saturated heterocycles. The monoisotopic (exact) mass is 486 g/mol. The Bertz CT molecular complexity index is 1410. The predicted octanol–water partition coefficient (Wildman–Crippen LogP) is 4.81. The number of imidazole rings is 1. The van der Waals surface area contributed by atoms with E-state index in [0.29, 0.717) is 24.4 Å². The fourth-order valence-corrected chi connectivity index (χ4v) is 4.47. The second-order valence-corrected chi connectivity index (χ2v) is 8.79. The van der Waals surface area contributed by atoms with Crippen LogP contribution in [0, 0.1) is 0 Å². The number of rotatable bonds is 9. The number of fused-ring (bicyclic) bond motifs is 1. The van der Waals surface area contributed by atoms with E-state index in [1.54, 1.807) is 28.8 Å². The van der Waals surface area contributed by atoms with Crippen molar-refractivity contribution in [2.24, 2.45) is 0 Å². The van der Waals surface area contributed by atoms with Crippen molar-refractivity contribution < 1.29 is 29.4 Å². The third-order valence-corrected chi connectivity index (χ3v) is 6.39. The van der Waals surface area contributed by atoms with Crippen molar-refractivity contribution in [1.82, 2.24) is 9.55 Å². The number of aromatic carboxylic acids is 1. The molecule has 1 heterocycles. The van der Waals surface area contributed by atoms with Gasteiger partial charge in [-0.1, -0.05) is 55.8 Å². The van der Waals surface area contributed by atoms with Crippen LogP contribution in [0.5, 0.6) is 0 Å². The van der Waals surface area contributed by atoms with Crippen LogP contribution in [0.3, 0.4) is 0 Å². The molecule has 1 aliphatic carbocycles. The number of ketones is 2. The van der Waals surface area contributed by atoms with Gasteiger partial charge in [0.25, 0.3) is 0 Å². The van der Waals surface area contributed by atoms with Crippen LogP contribution in [0.15, 0.2) is 59.7 Å². The van der Waals surface area contributed by atoms with Crippen LogP contribution in [-0.2, 0) is 17.8 Å². The maximum atomic E-state index is 13.3. The molecule has 4 rings (SSSR count). The van der Waals surface area contributed by atoms with Crippen molar-refractivity contribution in [3.8, 4) is 11.1 Å². The molecule has 8 nitrogen and oxygen atoms in total. The van der Waals surface area contributed by atoms with Gasteiger partial charge in [-0.05, 0) is 36.1 Å². The summed E-state index contributed by atoms with van der Waals surface area (Å²) in [4.78, 5) is 53.7. The Hall–Kier alpha value is -4.33. The van der Waals surface area contributed by atoms with Crippen molar-refractivity contribution in [3.05, 3.63) is 88.0 Å².